The van der Waals surface area contributed by atoms with E-state index in [1.165, 1.54) is 16.8 Å². The Morgan fingerprint density at radius 1 is 0.952 bits per heavy atom. The minimum Gasteiger partial charge on any atom is -0.457 e. The van der Waals surface area contributed by atoms with E-state index in [1.54, 1.807) is 35.4 Å². The summed E-state index contributed by atoms with van der Waals surface area (Å²) in [7, 11) is 0. The molecule has 0 saturated carbocycles. The van der Waals surface area contributed by atoms with Gasteiger partial charge in [-0.05, 0) is 93.6 Å². The molecule has 12 heteroatoms. The number of aromatic nitrogens is 3. The SMILES string of the molecule is CC(C)(C)OC(=O)N1CCC(c2ccnc3c(C(N)=O)n(-c4ccc(Oc5cccc(C(F)(F)F)c5)cc4)nc23)CC1. The zero-order valence-corrected chi connectivity index (χ0v) is 23.3. The number of piperidine rings is 1. The smallest absolute Gasteiger partial charge is 0.416 e. The number of halogens is 3. The van der Waals surface area contributed by atoms with Crippen LogP contribution in [-0.4, -0.2) is 50.4 Å². The molecular weight excluding hydrogens is 551 g/mol. The number of primary amides is 1. The first-order valence-corrected chi connectivity index (χ1v) is 13.4. The van der Waals surface area contributed by atoms with Gasteiger partial charge in [-0.1, -0.05) is 6.07 Å². The lowest BCUT2D eigenvalue weighted by Crippen LogP contribution is -2.41. The molecule has 0 spiro atoms. The number of benzene rings is 2. The van der Waals surface area contributed by atoms with Crippen molar-refractivity contribution in [2.45, 2.75) is 51.3 Å². The molecule has 2 aromatic heterocycles. The molecule has 42 heavy (non-hydrogen) atoms. The standard InChI is InChI=1S/C30H30F3N5O4/c1-29(2,3)42-28(40)37-15-12-18(13-16-37)23-11-14-35-25-24(23)36-38(26(25)27(34)39)20-7-9-21(10-8-20)41-22-6-4-5-19(17-22)30(31,32)33/h4-11,14,17-18H,12-13,15-16H2,1-3H3,(H2,34,39). The number of nitrogens with two attached hydrogens (primary N) is 1. The van der Waals surface area contributed by atoms with Crippen molar-refractivity contribution in [1.82, 2.24) is 19.7 Å². The largest absolute Gasteiger partial charge is 0.457 e. The van der Waals surface area contributed by atoms with E-state index in [-0.39, 0.29) is 23.5 Å². The van der Waals surface area contributed by atoms with Crippen LogP contribution in [0.4, 0.5) is 18.0 Å². The molecule has 5 rings (SSSR count). The van der Waals surface area contributed by atoms with E-state index in [1.807, 2.05) is 26.8 Å². The van der Waals surface area contributed by atoms with Gasteiger partial charge in [0.15, 0.2) is 5.69 Å². The second-order valence-electron chi connectivity index (χ2n) is 11.1. The van der Waals surface area contributed by atoms with Crippen molar-refractivity contribution in [2.24, 2.45) is 5.73 Å². The van der Waals surface area contributed by atoms with Gasteiger partial charge in [0.25, 0.3) is 5.91 Å². The highest BCUT2D eigenvalue weighted by molar-refractivity contribution is 6.03. The molecule has 220 valence electrons. The molecule has 0 radical (unpaired) electrons. The average molecular weight is 582 g/mol. The maximum atomic E-state index is 13.1. The topological polar surface area (TPSA) is 113 Å². The lowest BCUT2D eigenvalue weighted by Gasteiger charge is -2.33. The predicted octanol–water partition coefficient (Wildman–Crippen LogP) is 6.45. The van der Waals surface area contributed by atoms with Crippen molar-refractivity contribution in [3.05, 3.63) is 77.6 Å². The Morgan fingerprint density at radius 3 is 2.26 bits per heavy atom. The van der Waals surface area contributed by atoms with Crippen LogP contribution in [0.25, 0.3) is 16.7 Å². The van der Waals surface area contributed by atoms with Crippen LogP contribution in [0.15, 0.2) is 60.8 Å². The van der Waals surface area contributed by atoms with E-state index in [0.29, 0.717) is 48.4 Å². The molecule has 1 fully saturated rings. The summed E-state index contributed by atoms with van der Waals surface area (Å²) in [5.74, 6) is -0.314. The molecule has 2 N–H and O–H groups in total. The molecule has 0 bridgehead atoms. The zero-order valence-electron chi connectivity index (χ0n) is 23.3. The summed E-state index contributed by atoms with van der Waals surface area (Å²) in [6.45, 7) is 6.51. The van der Waals surface area contributed by atoms with Gasteiger partial charge in [0, 0.05) is 19.3 Å². The monoisotopic (exact) mass is 581 g/mol. The van der Waals surface area contributed by atoms with Crippen molar-refractivity contribution >= 4 is 23.0 Å². The van der Waals surface area contributed by atoms with Crippen LogP contribution < -0.4 is 10.5 Å². The summed E-state index contributed by atoms with van der Waals surface area (Å²) in [6, 6.07) is 12.8. The van der Waals surface area contributed by atoms with Crippen LogP contribution in [0.3, 0.4) is 0 Å². The number of hydrogen-bond acceptors (Lipinski definition) is 6. The van der Waals surface area contributed by atoms with E-state index < -0.39 is 23.2 Å². The highest BCUT2D eigenvalue weighted by Crippen LogP contribution is 2.35. The minimum atomic E-state index is -4.49. The quantitative estimate of drug-likeness (QED) is 0.290. The number of alkyl halides is 3. The van der Waals surface area contributed by atoms with Crippen LogP contribution in [0.1, 0.15) is 61.1 Å². The van der Waals surface area contributed by atoms with Gasteiger partial charge in [-0.3, -0.25) is 9.78 Å². The molecule has 3 heterocycles. The summed E-state index contributed by atoms with van der Waals surface area (Å²) < 4.78 is 51.7. The summed E-state index contributed by atoms with van der Waals surface area (Å²) in [6.07, 6.45) is -1.86. The number of carbonyl (C=O) groups excluding carboxylic acids is 2. The van der Waals surface area contributed by atoms with E-state index in [4.69, 9.17) is 20.3 Å². The van der Waals surface area contributed by atoms with Gasteiger partial charge in [-0.25, -0.2) is 9.48 Å². The van der Waals surface area contributed by atoms with E-state index in [2.05, 4.69) is 4.98 Å². The Labute approximate surface area is 240 Å². The summed E-state index contributed by atoms with van der Waals surface area (Å²) in [5.41, 5.74) is 6.75. The fourth-order valence-electron chi connectivity index (χ4n) is 4.96. The van der Waals surface area contributed by atoms with Gasteiger partial charge in [-0.15, -0.1) is 0 Å². The molecule has 1 aliphatic rings. The Morgan fingerprint density at radius 2 is 1.64 bits per heavy atom. The molecule has 0 aliphatic carbocycles. The van der Waals surface area contributed by atoms with Gasteiger partial charge in [0.05, 0.1) is 11.3 Å². The second kappa shape index (κ2) is 11.0. The number of pyridine rings is 1. The number of fused-ring (bicyclic) bond motifs is 1. The first-order chi connectivity index (χ1) is 19.8. The van der Waals surface area contributed by atoms with Crippen molar-refractivity contribution in [2.75, 3.05) is 13.1 Å². The third-order valence-corrected chi connectivity index (χ3v) is 6.89. The Hall–Kier alpha value is -4.61. The lowest BCUT2D eigenvalue weighted by atomic mass is 9.89. The van der Waals surface area contributed by atoms with E-state index >= 15 is 0 Å². The zero-order chi connectivity index (χ0) is 30.2. The van der Waals surface area contributed by atoms with Crippen LogP contribution in [0.2, 0.25) is 0 Å². The first-order valence-electron chi connectivity index (χ1n) is 13.4. The fourth-order valence-corrected chi connectivity index (χ4v) is 4.96. The number of likely N-dealkylation sites (tertiary alicyclic amines) is 1. The van der Waals surface area contributed by atoms with Crippen molar-refractivity contribution < 1.29 is 32.2 Å². The molecule has 0 unspecified atom stereocenters. The normalized spacial score (nSPS) is 14.7. The molecule has 1 saturated heterocycles. The predicted molar refractivity (Wildman–Crippen MR) is 149 cm³/mol. The van der Waals surface area contributed by atoms with Crippen LogP contribution in [0.5, 0.6) is 11.5 Å². The van der Waals surface area contributed by atoms with E-state index in [0.717, 1.165) is 17.7 Å². The van der Waals surface area contributed by atoms with E-state index in [9.17, 15) is 22.8 Å². The first kappa shape index (κ1) is 28.9. The number of amides is 2. The van der Waals surface area contributed by atoms with Gasteiger partial charge in [0.1, 0.15) is 28.1 Å². The average Bonchev–Trinajstić information content (AvgIpc) is 3.32. The second-order valence-corrected chi connectivity index (χ2v) is 11.1. The number of nitrogens with zero attached hydrogens (tertiary/aromatic N) is 4. The number of hydrogen-bond donors (Lipinski definition) is 1. The molecule has 9 nitrogen and oxygen atoms in total. The maximum Gasteiger partial charge on any atom is 0.416 e. The molecule has 4 aromatic rings. The van der Waals surface area contributed by atoms with Crippen molar-refractivity contribution in [1.29, 1.82) is 0 Å². The third-order valence-electron chi connectivity index (χ3n) is 6.89. The molecule has 1 aliphatic heterocycles. The van der Waals surface area contributed by atoms with Crippen LogP contribution >= 0.6 is 0 Å². The molecule has 2 amide bonds. The fraction of sp³-hybridized carbons (Fsp3) is 0.333. The number of ether oxygens (including phenoxy) is 2. The van der Waals surface area contributed by atoms with Crippen molar-refractivity contribution in [3.63, 3.8) is 0 Å². The van der Waals surface area contributed by atoms with Crippen LogP contribution in [-0.2, 0) is 10.9 Å². The summed E-state index contributed by atoms with van der Waals surface area (Å²) >= 11 is 0. The number of carbonyl (C=O) groups is 2. The highest BCUT2D eigenvalue weighted by Gasteiger charge is 2.31. The van der Waals surface area contributed by atoms with Crippen molar-refractivity contribution in [3.8, 4) is 17.2 Å². The molecule has 0 atom stereocenters. The number of rotatable bonds is 5. The Bertz CT molecular complexity index is 1620. The minimum absolute atomic E-state index is 0.0341. The highest BCUT2D eigenvalue weighted by atomic mass is 19.4. The summed E-state index contributed by atoms with van der Waals surface area (Å²) in [5, 5.41) is 4.72. The van der Waals surface area contributed by atoms with Gasteiger partial charge in [0.2, 0.25) is 0 Å². The maximum absolute atomic E-state index is 13.1. The Balaban J connectivity index is 1.39. The molecule has 2 aromatic carbocycles. The van der Waals surface area contributed by atoms with Gasteiger partial charge >= 0.3 is 12.3 Å². The van der Waals surface area contributed by atoms with Crippen LogP contribution in [0, 0.1) is 0 Å². The Kier molecular flexibility index (Phi) is 7.56. The molecular formula is C30H30F3N5O4. The third kappa shape index (κ3) is 6.17. The van der Waals surface area contributed by atoms with Gasteiger partial charge in [-0.2, -0.15) is 18.3 Å². The summed E-state index contributed by atoms with van der Waals surface area (Å²) in [4.78, 5) is 31.2. The lowest BCUT2D eigenvalue weighted by molar-refractivity contribution is -0.137. The van der Waals surface area contributed by atoms with Gasteiger partial charge < -0.3 is 20.1 Å².